The standard InChI is InChI=1S/C15H14ClFO/c1-2-11-4-3-5-14(8-11)18-15-7-6-13(17)9-12(15)10-16/h3-9H,2,10H2,1H3. The Kier molecular flexibility index (Phi) is 4.21. The third-order valence-electron chi connectivity index (χ3n) is 2.70. The van der Waals surface area contributed by atoms with Gasteiger partial charge in [0, 0.05) is 5.56 Å². The Bertz CT molecular complexity index is 540. The van der Waals surface area contributed by atoms with E-state index in [1.807, 2.05) is 24.3 Å². The third-order valence-corrected chi connectivity index (χ3v) is 2.99. The molecule has 0 amide bonds. The van der Waals surface area contributed by atoms with Gasteiger partial charge in [0.05, 0.1) is 5.88 Å². The van der Waals surface area contributed by atoms with E-state index in [0.29, 0.717) is 11.3 Å². The lowest BCUT2D eigenvalue weighted by Crippen LogP contribution is -1.91. The lowest BCUT2D eigenvalue weighted by atomic mass is 10.1. The highest BCUT2D eigenvalue weighted by molar-refractivity contribution is 6.17. The minimum atomic E-state index is -0.305. The van der Waals surface area contributed by atoms with Crippen LogP contribution >= 0.6 is 11.6 Å². The van der Waals surface area contributed by atoms with Crippen molar-refractivity contribution in [3.8, 4) is 11.5 Å². The molecule has 0 atom stereocenters. The highest BCUT2D eigenvalue weighted by Gasteiger charge is 2.06. The molecule has 94 valence electrons. The molecular weight excluding hydrogens is 251 g/mol. The average Bonchev–Trinajstić information content (AvgIpc) is 2.41. The lowest BCUT2D eigenvalue weighted by molar-refractivity contribution is 0.475. The minimum absolute atomic E-state index is 0.223. The molecule has 0 spiro atoms. The number of alkyl halides is 1. The molecule has 0 N–H and O–H groups in total. The van der Waals surface area contributed by atoms with Crippen molar-refractivity contribution in [1.29, 1.82) is 0 Å². The summed E-state index contributed by atoms with van der Waals surface area (Å²) in [4.78, 5) is 0. The summed E-state index contributed by atoms with van der Waals surface area (Å²) in [5.41, 5.74) is 1.85. The molecule has 3 heteroatoms. The summed E-state index contributed by atoms with van der Waals surface area (Å²) in [7, 11) is 0. The zero-order chi connectivity index (χ0) is 13.0. The van der Waals surface area contributed by atoms with Crippen LogP contribution in [0.5, 0.6) is 11.5 Å². The molecule has 0 aromatic heterocycles. The number of benzene rings is 2. The maximum absolute atomic E-state index is 13.1. The van der Waals surface area contributed by atoms with E-state index in [9.17, 15) is 4.39 Å². The number of hydrogen-bond donors (Lipinski definition) is 0. The van der Waals surface area contributed by atoms with Crippen molar-refractivity contribution < 1.29 is 9.13 Å². The summed E-state index contributed by atoms with van der Waals surface area (Å²) in [5, 5.41) is 0. The Labute approximate surface area is 111 Å². The van der Waals surface area contributed by atoms with Crippen molar-refractivity contribution in [3.63, 3.8) is 0 Å². The topological polar surface area (TPSA) is 9.23 Å². The second-order valence-corrected chi connectivity index (χ2v) is 4.26. The van der Waals surface area contributed by atoms with Gasteiger partial charge in [0.1, 0.15) is 17.3 Å². The van der Waals surface area contributed by atoms with Gasteiger partial charge in [-0.25, -0.2) is 4.39 Å². The number of rotatable bonds is 4. The molecule has 0 fully saturated rings. The van der Waals surface area contributed by atoms with E-state index in [0.717, 1.165) is 12.2 Å². The van der Waals surface area contributed by atoms with Crippen molar-refractivity contribution in [1.82, 2.24) is 0 Å². The van der Waals surface area contributed by atoms with Crippen LogP contribution in [0.15, 0.2) is 42.5 Å². The summed E-state index contributed by atoms with van der Waals surface area (Å²) < 4.78 is 18.8. The van der Waals surface area contributed by atoms with Crippen LogP contribution in [-0.2, 0) is 12.3 Å². The van der Waals surface area contributed by atoms with E-state index in [1.54, 1.807) is 6.07 Å². The maximum Gasteiger partial charge on any atom is 0.132 e. The van der Waals surface area contributed by atoms with Crippen LogP contribution in [0.3, 0.4) is 0 Å². The normalized spacial score (nSPS) is 10.4. The first-order valence-corrected chi connectivity index (χ1v) is 6.37. The van der Waals surface area contributed by atoms with Gasteiger partial charge in [-0.2, -0.15) is 0 Å². The van der Waals surface area contributed by atoms with E-state index < -0.39 is 0 Å². The summed E-state index contributed by atoms with van der Waals surface area (Å²) in [5.74, 6) is 1.26. The Morgan fingerprint density at radius 1 is 1.17 bits per heavy atom. The molecule has 2 rings (SSSR count). The van der Waals surface area contributed by atoms with E-state index in [2.05, 4.69) is 6.92 Å². The van der Waals surface area contributed by atoms with Gasteiger partial charge in [-0.3, -0.25) is 0 Å². The molecule has 0 unspecified atom stereocenters. The molecule has 2 aromatic rings. The van der Waals surface area contributed by atoms with Crippen LogP contribution in [-0.4, -0.2) is 0 Å². The van der Waals surface area contributed by atoms with Crippen LogP contribution in [0, 0.1) is 5.82 Å². The molecule has 0 radical (unpaired) electrons. The monoisotopic (exact) mass is 264 g/mol. The molecule has 2 aromatic carbocycles. The second-order valence-electron chi connectivity index (χ2n) is 3.99. The first-order chi connectivity index (χ1) is 8.72. The lowest BCUT2D eigenvalue weighted by Gasteiger charge is -2.10. The fraction of sp³-hybridized carbons (Fsp3) is 0.200. The first-order valence-electron chi connectivity index (χ1n) is 5.84. The largest absolute Gasteiger partial charge is 0.457 e. The minimum Gasteiger partial charge on any atom is -0.457 e. The van der Waals surface area contributed by atoms with E-state index in [1.165, 1.54) is 17.7 Å². The van der Waals surface area contributed by atoms with Crippen LogP contribution in [0.4, 0.5) is 4.39 Å². The van der Waals surface area contributed by atoms with Crippen molar-refractivity contribution in [2.24, 2.45) is 0 Å². The number of ether oxygens (including phenoxy) is 1. The average molecular weight is 265 g/mol. The molecule has 0 aliphatic heterocycles. The first kappa shape index (κ1) is 12.9. The van der Waals surface area contributed by atoms with Gasteiger partial charge in [0.15, 0.2) is 0 Å². The Hall–Kier alpha value is -1.54. The second kappa shape index (κ2) is 5.87. The molecule has 0 saturated heterocycles. The van der Waals surface area contributed by atoms with E-state index in [4.69, 9.17) is 16.3 Å². The van der Waals surface area contributed by atoms with Crippen molar-refractivity contribution in [2.75, 3.05) is 0 Å². The summed E-state index contributed by atoms with van der Waals surface area (Å²) in [6.45, 7) is 2.08. The molecule has 18 heavy (non-hydrogen) atoms. The highest BCUT2D eigenvalue weighted by Crippen LogP contribution is 2.27. The Morgan fingerprint density at radius 3 is 2.72 bits per heavy atom. The van der Waals surface area contributed by atoms with Crippen LogP contribution < -0.4 is 4.74 Å². The molecule has 0 saturated carbocycles. The summed E-state index contributed by atoms with van der Waals surface area (Å²) in [6.07, 6.45) is 0.947. The third kappa shape index (κ3) is 3.02. The van der Waals surface area contributed by atoms with Gasteiger partial charge in [-0.15, -0.1) is 11.6 Å². The van der Waals surface area contributed by atoms with Gasteiger partial charge < -0.3 is 4.74 Å². The smallest absolute Gasteiger partial charge is 0.132 e. The van der Waals surface area contributed by atoms with Crippen LogP contribution in [0.1, 0.15) is 18.1 Å². The van der Waals surface area contributed by atoms with E-state index >= 15 is 0 Å². The van der Waals surface area contributed by atoms with Gasteiger partial charge in [-0.05, 0) is 42.3 Å². The zero-order valence-corrected chi connectivity index (χ0v) is 10.9. The predicted octanol–water partition coefficient (Wildman–Crippen LogP) is 4.92. The van der Waals surface area contributed by atoms with Crippen molar-refractivity contribution in [3.05, 3.63) is 59.4 Å². The molecule has 0 aliphatic carbocycles. The molecule has 1 nitrogen and oxygen atoms in total. The molecule has 0 aliphatic rings. The van der Waals surface area contributed by atoms with Crippen molar-refractivity contribution >= 4 is 11.6 Å². The van der Waals surface area contributed by atoms with Crippen LogP contribution in [0.25, 0.3) is 0 Å². The Balaban J connectivity index is 2.27. The van der Waals surface area contributed by atoms with Gasteiger partial charge >= 0.3 is 0 Å². The predicted molar refractivity (Wildman–Crippen MR) is 71.9 cm³/mol. The zero-order valence-electron chi connectivity index (χ0n) is 10.1. The quantitative estimate of drug-likeness (QED) is 0.712. The molecule has 0 bridgehead atoms. The molecule has 0 heterocycles. The maximum atomic E-state index is 13.1. The molecular formula is C15H14ClFO. The fourth-order valence-electron chi connectivity index (χ4n) is 1.71. The number of aryl methyl sites for hydroxylation is 1. The van der Waals surface area contributed by atoms with Gasteiger partial charge in [0.2, 0.25) is 0 Å². The van der Waals surface area contributed by atoms with Crippen LogP contribution in [0.2, 0.25) is 0 Å². The van der Waals surface area contributed by atoms with Crippen molar-refractivity contribution in [2.45, 2.75) is 19.2 Å². The van der Waals surface area contributed by atoms with Gasteiger partial charge in [-0.1, -0.05) is 19.1 Å². The van der Waals surface area contributed by atoms with E-state index in [-0.39, 0.29) is 11.7 Å². The highest BCUT2D eigenvalue weighted by atomic mass is 35.5. The van der Waals surface area contributed by atoms with Gasteiger partial charge in [0.25, 0.3) is 0 Å². The fourth-order valence-corrected chi connectivity index (χ4v) is 1.92. The SMILES string of the molecule is CCc1cccc(Oc2ccc(F)cc2CCl)c1. The summed E-state index contributed by atoms with van der Waals surface area (Å²) in [6, 6.07) is 12.2. The number of hydrogen-bond acceptors (Lipinski definition) is 1. The number of halogens is 2. The summed E-state index contributed by atoms with van der Waals surface area (Å²) >= 11 is 5.78. The Morgan fingerprint density at radius 2 is 2.00 bits per heavy atom.